The number of aromatic carboxylic acids is 1. The Morgan fingerprint density at radius 2 is 1.90 bits per heavy atom. The molecule has 0 fully saturated rings. The van der Waals surface area contributed by atoms with Gasteiger partial charge in [0.15, 0.2) is 0 Å². The predicted molar refractivity (Wildman–Crippen MR) is 128 cm³/mol. The smallest absolute Gasteiger partial charge is 0.337 e. The van der Waals surface area contributed by atoms with Crippen molar-refractivity contribution in [2.45, 2.75) is 20.8 Å². The van der Waals surface area contributed by atoms with Gasteiger partial charge in [0, 0.05) is 14.9 Å². The van der Waals surface area contributed by atoms with Crippen LogP contribution in [0.15, 0.2) is 46.9 Å². The van der Waals surface area contributed by atoms with E-state index in [1.165, 1.54) is 0 Å². The average molecular weight is 498 g/mol. The first-order chi connectivity index (χ1) is 14.9. The maximum Gasteiger partial charge on any atom is 0.337 e. The number of hydrogen-bond donors (Lipinski definition) is 2. The number of fused-ring (bicyclic) bond motifs is 1. The van der Waals surface area contributed by atoms with Crippen LogP contribution in [0.25, 0.3) is 21.3 Å². The lowest BCUT2D eigenvalue weighted by atomic mass is 10.0. The van der Waals surface area contributed by atoms with Crippen molar-refractivity contribution in [2.24, 2.45) is 0 Å². The number of anilines is 2. The minimum Gasteiger partial charge on any atom is -0.494 e. The molecule has 8 heteroatoms. The van der Waals surface area contributed by atoms with E-state index in [2.05, 4.69) is 38.1 Å². The zero-order valence-electron chi connectivity index (χ0n) is 17.2. The molecular formula is C23H20BrN3O3S. The van der Waals surface area contributed by atoms with Crippen molar-refractivity contribution in [1.82, 2.24) is 9.97 Å². The largest absolute Gasteiger partial charge is 0.494 e. The van der Waals surface area contributed by atoms with E-state index >= 15 is 0 Å². The van der Waals surface area contributed by atoms with Crippen LogP contribution in [-0.4, -0.2) is 27.7 Å². The normalized spacial score (nSPS) is 11.0. The molecule has 6 nitrogen and oxygen atoms in total. The molecule has 0 aliphatic carbocycles. The predicted octanol–water partition coefficient (Wildman–Crippen LogP) is 6.58. The minimum absolute atomic E-state index is 0.161. The fourth-order valence-corrected chi connectivity index (χ4v) is 4.92. The Labute approximate surface area is 192 Å². The minimum atomic E-state index is -1.01. The summed E-state index contributed by atoms with van der Waals surface area (Å²) < 4.78 is 6.26. The Balaban J connectivity index is 1.88. The summed E-state index contributed by atoms with van der Waals surface area (Å²) in [4.78, 5) is 23.0. The fourth-order valence-electron chi connectivity index (χ4n) is 3.47. The molecule has 2 heterocycles. The summed E-state index contributed by atoms with van der Waals surface area (Å²) in [5.74, 6) is 0.998. The number of carbonyl (C=O) groups is 1. The lowest BCUT2D eigenvalue weighted by Crippen LogP contribution is -2.05. The maximum absolute atomic E-state index is 11.8. The number of rotatable bonds is 6. The molecule has 2 N–H and O–H groups in total. The molecule has 2 aromatic carbocycles. The highest BCUT2D eigenvalue weighted by molar-refractivity contribution is 9.10. The summed E-state index contributed by atoms with van der Waals surface area (Å²) in [6, 6.07) is 13.0. The van der Waals surface area contributed by atoms with Crippen molar-refractivity contribution < 1.29 is 14.6 Å². The molecule has 0 saturated heterocycles. The van der Waals surface area contributed by atoms with Gasteiger partial charge in [0.1, 0.15) is 22.2 Å². The van der Waals surface area contributed by atoms with Gasteiger partial charge in [0.25, 0.3) is 0 Å². The van der Waals surface area contributed by atoms with Gasteiger partial charge in [-0.1, -0.05) is 28.1 Å². The molecule has 0 unspecified atom stereocenters. The van der Waals surface area contributed by atoms with Gasteiger partial charge in [0.2, 0.25) is 0 Å². The second kappa shape index (κ2) is 8.64. The van der Waals surface area contributed by atoms with E-state index in [0.29, 0.717) is 28.4 Å². The van der Waals surface area contributed by atoms with Crippen molar-refractivity contribution in [3.05, 3.63) is 63.2 Å². The quantitative estimate of drug-likeness (QED) is 0.313. The first-order valence-electron chi connectivity index (χ1n) is 9.68. The first-order valence-corrected chi connectivity index (χ1v) is 11.3. The van der Waals surface area contributed by atoms with E-state index in [0.717, 1.165) is 32.0 Å². The zero-order valence-corrected chi connectivity index (χ0v) is 19.6. The third-order valence-corrected chi connectivity index (χ3v) is 6.25. The van der Waals surface area contributed by atoms with Crippen molar-refractivity contribution in [3.8, 4) is 16.9 Å². The molecule has 4 rings (SSSR count). The van der Waals surface area contributed by atoms with Crippen molar-refractivity contribution in [1.29, 1.82) is 0 Å². The van der Waals surface area contributed by atoms with E-state index in [1.54, 1.807) is 29.5 Å². The number of benzene rings is 2. The highest BCUT2D eigenvalue weighted by Crippen LogP contribution is 2.42. The Hall–Kier alpha value is -2.97. The number of carboxylic acids is 1. The molecule has 4 aromatic rings. The second-order valence-electron chi connectivity index (χ2n) is 6.91. The first kappa shape index (κ1) is 21.3. The molecule has 0 bridgehead atoms. The van der Waals surface area contributed by atoms with Crippen LogP contribution >= 0.6 is 27.3 Å². The number of thiophene rings is 1. The molecule has 31 heavy (non-hydrogen) atoms. The van der Waals surface area contributed by atoms with Crippen LogP contribution in [0.2, 0.25) is 0 Å². The molecule has 0 spiro atoms. The van der Waals surface area contributed by atoms with Gasteiger partial charge in [-0.25, -0.2) is 14.8 Å². The van der Waals surface area contributed by atoms with E-state index in [1.807, 2.05) is 38.1 Å². The van der Waals surface area contributed by atoms with E-state index < -0.39 is 5.97 Å². The molecule has 0 aliphatic heterocycles. The van der Waals surface area contributed by atoms with Gasteiger partial charge < -0.3 is 15.2 Å². The van der Waals surface area contributed by atoms with Crippen LogP contribution in [-0.2, 0) is 0 Å². The Kier molecular flexibility index (Phi) is 5.93. The van der Waals surface area contributed by atoms with Crippen LogP contribution in [0.4, 0.5) is 11.5 Å². The number of carboxylic acid groups (broad SMARTS) is 1. The number of halogens is 1. The number of aromatic nitrogens is 2. The molecule has 0 amide bonds. The number of aryl methyl sites for hydroxylation is 2. The average Bonchev–Trinajstić information content (AvgIpc) is 3.05. The van der Waals surface area contributed by atoms with Crippen LogP contribution in [0.1, 0.15) is 28.0 Å². The summed E-state index contributed by atoms with van der Waals surface area (Å²) >= 11 is 4.93. The Morgan fingerprint density at radius 1 is 1.16 bits per heavy atom. The van der Waals surface area contributed by atoms with Crippen molar-refractivity contribution in [3.63, 3.8) is 0 Å². The topological polar surface area (TPSA) is 84.3 Å². The molecule has 2 aromatic heterocycles. The van der Waals surface area contributed by atoms with Crippen LogP contribution in [0, 0.1) is 13.8 Å². The zero-order chi connectivity index (χ0) is 22.1. The number of nitrogens with zero attached hydrogens (tertiary/aromatic N) is 2. The van der Waals surface area contributed by atoms with Crippen molar-refractivity contribution in [2.75, 3.05) is 11.9 Å². The summed E-state index contributed by atoms with van der Waals surface area (Å²) in [5.41, 5.74) is 2.68. The van der Waals surface area contributed by atoms with Gasteiger partial charge in [-0.15, -0.1) is 11.3 Å². The third-order valence-electron chi connectivity index (χ3n) is 4.76. The third kappa shape index (κ3) is 4.26. The Bertz CT molecular complexity index is 1290. The number of hydrogen-bond acceptors (Lipinski definition) is 6. The highest BCUT2D eigenvalue weighted by atomic mass is 79.9. The van der Waals surface area contributed by atoms with Gasteiger partial charge >= 0.3 is 5.97 Å². The Morgan fingerprint density at radius 3 is 2.58 bits per heavy atom. The molecule has 0 saturated carbocycles. The highest BCUT2D eigenvalue weighted by Gasteiger charge is 2.20. The number of ether oxygens (including phenoxy) is 1. The van der Waals surface area contributed by atoms with Crippen LogP contribution < -0.4 is 10.1 Å². The van der Waals surface area contributed by atoms with E-state index in [4.69, 9.17) is 4.74 Å². The molecule has 158 valence electrons. The van der Waals surface area contributed by atoms with Gasteiger partial charge in [0.05, 0.1) is 23.2 Å². The standard InChI is InChI=1S/C23H20BrN3O3S/c1-4-30-16-8-5-14(6-9-16)19-12(2)31-22-20(19)21(25-13(3)26-22)27-18-10-7-15(24)11-17(18)23(28)29/h5-11H,4H2,1-3H3,(H,28,29)(H,25,26,27). The number of nitrogens with one attached hydrogen (secondary N) is 1. The SMILES string of the molecule is CCOc1ccc(-c2c(C)sc3nc(C)nc(Nc4ccc(Br)cc4C(=O)O)c23)cc1. The van der Waals surface area contributed by atoms with E-state index in [-0.39, 0.29) is 5.56 Å². The summed E-state index contributed by atoms with van der Waals surface area (Å²) in [6.45, 7) is 6.45. The monoisotopic (exact) mass is 497 g/mol. The van der Waals surface area contributed by atoms with Gasteiger partial charge in [-0.05, 0) is 56.7 Å². The second-order valence-corrected chi connectivity index (χ2v) is 9.03. The van der Waals surface area contributed by atoms with E-state index in [9.17, 15) is 9.90 Å². The van der Waals surface area contributed by atoms with Crippen LogP contribution in [0.3, 0.4) is 0 Å². The van der Waals surface area contributed by atoms with Crippen LogP contribution in [0.5, 0.6) is 5.75 Å². The molecular weight excluding hydrogens is 478 g/mol. The molecule has 0 atom stereocenters. The lowest BCUT2D eigenvalue weighted by molar-refractivity contribution is 0.0698. The maximum atomic E-state index is 11.8. The lowest BCUT2D eigenvalue weighted by Gasteiger charge is -2.13. The van der Waals surface area contributed by atoms with Gasteiger partial charge in [-0.2, -0.15) is 0 Å². The fraction of sp³-hybridized carbons (Fsp3) is 0.174. The summed E-state index contributed by atoms with van der Waals surface area (Å²) in [6.07, 6.45) is 0. The molecule has 0 radical (unpaired) electrons. The molecule has 0 aliphatic rings. The summed E-state index contributed by atoms with van der Waals surface area (Å²) in [7, 11) is 0. The summed E-state index contributed by atoms with van der Waals surface area (Å²) in [5, 5.41) is 13.8. The van der Waals surface area contributed by atoms with Gasteiger partial charge in [-0.3, -0.25) is 0 Å². The van der Waals surface area contributed by atoms with Crippen molar-refractivity contribution >= 4 is 55.0 Å².